The topological polar surface area (TPSA) is 77.0 Å². The number of carbonyl (C=O) groups excluding carboxylic acids is 1. The molecule has 0 saturated heterocycles. The Kier molecular flexibility index (Phi) is 5.55. The highest BCUT2D eigenvalue weighted by molar-refractivity contribution is 7.20. The lowest BCUT2D eigenvalue weighted by Crippen LogP contribution is -2.22. The third-order valence-corrected chi connectivity index (χ3v) is 5.84. The molecule has 3 heterocycles. The molecule has 156 valence electrons. The molecule has 0 spiro atoms. The van der Waals surface area contributed by atoms with E-state index in [1.807, 2.05) is 54.6 Å². The van der Waals surface area contributed by atoms with Gasteiger partial charge in [0.2, 0.25) is 0 Å². The maximum Gasteiger partial charge on any atom is 0.280 e. The number of rotatable bonds is 6. The van der Waals surface area contributed by atoms with E-state index < -0.39 is 0 Å². The van der Waals surface area contributed by atoms with Gasteiger partial charge in [-0.3, -0.25) is 14.8 Å². The smallest absolute Gasteiger partial charge is 0.280 e. The van der Waals surface area contributed by atoms with Crippen LogP contribution in [0.15, 0.2) is 91.5 Å². The zero-order valence-corrected chi connectivity index (χ0v) is 17.8. The maximum absolute atomic E-state index is 12.8. The van der Waals surface area contributed by atoms with Crippen LogP contribution in [-0.4, -0.2) is 20.9 Å². The number of hydrogen-bond donors (Lipinski definition) is 1. The number of amides is 1. The number of pyridine rings is 2. The van der Waals surface area contributed by atoms with Gasteiger partial charge in [0.25, 0.3) is 5.91 Å². The highest BCUT2D eigenvalue weighted by atomic mass is 32.1. The molecular formula is C25H18N4O2S. The fourth-order valence-corrected chi connectivity index (χ4v) is 4.21. The molecule has 0 aliphatic carbocycles. The van der Waals surface area contributed by atoms with Crippen molar-refractivity contribution in [3.05, 3.63) is 102 Å². The first kappa shape index (κ1) is 19.8. The van der Waals surface area contributed by atoms with E-state index in [2.05, 4.69) is 20.3 Å². The highest BCUT2D eigenvalue weighted by Gasteiger charge is 2.17. The summed E-state index contributed by atoms with van der Waals surface area (Å²) in [6.45, 7) is 0.443. The molecule has 0 unspecified atom stereocenters. The first-order valence-electron chi connectivity index (χ1n) is 10.0. The minimum Gasteiger partial charge on any atom is -0.455 e. The van der Waals surface area contributed by atoms with Crippen molar-refractivity contribution in [1.29, 1.82) is 0 Å². The van der Waals surface area contributed by atoms with Crippen LogP contribution < -0.4 is 10.1 Å². The second-order valence-corrected chi connectivity index (χ2v) is 8.06. The van der Waals surface area contributed by atoms with Gasteiger partial charge in [-0.2, -0.15) is 0 Å². The van der Waals surface area contributed by atoms with Crippen LogP contribution in [0.2, 0.25) is 0 Å². The van der Waals surface area contributed by atoms with Crippen LogP contribution in [-0.2, 0) is 6.54 Å². The molecule has 2 aromatic carbocycles. The lowest BCUT2D eigenvalue weighted by atomic mass is 10.1. The summed E-state index contributed by atoms with van der Waals surface area (Å²) >= 11 is 1.34. The zero-order valence-electron chi connectivity index (χ0n) is 16.9. The zero-order chi connectivity index (χ0) is 21.8. The molecule has 0 bridgehead atoms. The van der Waals surface area contributed by atoms with Crippen molar-refractivity contribution in [2.75, 3.05) is 0 Å². The second-order valence-electron chi connectivity index (χ2n) is 7.03. The second kappa shape index (κ2) is 8.95. The molecule has 1 N–H and O–H groups in total. The Balaban J connectivity index is 1.51. The normalized spacial score (nSPS) is 10.8. The molecule has 0 fully saturated rings. The Hall–Kier alpha value is -4.10. The van der Waals surface area contributed by atoms with Crippen LogP contribution in [0.25, 0.3) is 21.3 Å². The summed E-state index contributed by atoms with van der Waals surface area (Å²) < 4.78 is 7.00. The molecule has 0 radical (unpaired) electrons. The summed E-state index contributed by atoms with van der Waals surface area (Å²) in [4.78, 5) is 25.5. The Morgan fingerprint density at radius 3 is 2.34 bits per heavy atom. The molecule has 0 aliphatic rings. The van der Waals surface area contributed by atoms with Gasteiger partial charge in [0.15, 0.2) is 10.8 Å². The van der Waals surface area contributed by atoms with Crippen LogP contribution in [0.1, 0.15) is 15.4 Å². The number of nitrogens with zero attached hydrogens (tertiary/aromatic N) is 3. The fraction of sp³-hybridized carbons (Fsp3) is 0.0400. The van der Waals surface area contributed by atoms with E-state index in [0.717, 1.165) is 21.4 Å². The standard InChI is InChI=1S/C25H18N4O2S/c30-24(28-16-17-4-2-1-3-5-17)25-29-23-21(31-20-8-12-27-13-9-20)14-19(15-22(23)32-25)18-6-10-26-11-7-18/h1-15H,16H2,(H,28,30). The van der Waals surface area contributed by atoms with Gasteiger partial charge >= 0.3 is 0 Å². The van der Waals surface area contributed by atoms with Gasteiger partial charge < -0.3 is 10.1 Å². The van der Waals surface area contributed by atoms with Crippen molar-refractivity contribution in [2.24, 2.45) is 0 Å². The van der Waals surface area contributed by atoms with Crippen LogP contribution in [0.4, 0.5) is 0 Å². The molecule has 0 saturated carbocycles. The SMILES string of the molecule is O=C(NCc1ccccc1)c1nc2c(Oc3ccncc3)cc(-c3ccncc3)cc2s1. The molecule has 3 aromatic heterocycles. The molecule has 6 nitrogen and oxygen atoms in total. The Morgan fingerprint density at radius 2 is 1.59 bits per heavy atom. The predicted octanol–water partition coefficient (Wildman–Crippen LogP) is 5.48. The molecule has 7 heteroatoms. The van der Waals surface area contributed by atoms with Gasteiger partial charge in [-0.15, -0.1) is 11.3 Å². The molecule has 32 heavy (non-hydrogen) atoms. The van der Waals surface area contributed by atoms with Crippen molar-refractivity contribution < 1.29 is 9.53 Å². The summed E-state index contributed by atoms with van der Waals surface area (Å²) in [7, 11) is 0. The van der Waals surface area contributed by atoms with Crippen molar-refractivity contribution in [3.63, 3.8) is 0 Å². The quantitative estimate of drug-likeness (QED) is 0.380. The molecule has 0 aliphatic heterocycles. The Morgan fingerprint density at radius 1 is 0.875 bits per heavy atom. The summed E-state index contributed by atoms with van der Waals surface area (Å²) in [6.07, 6.45) is 6.83. The molecule has 5 aromatic rings. The average molecular weight is 439 g/mol. The average Bonchev–Trinajstić information content (AvgIpc) is 3.29. The lowest BCUT2D eigenvalue weighted by molar-refractivity contribution is 0.0950. The number of fused-ring (bicyclic) bond motifs is 1. The lowest BCUT2D eigenvalue weighted by Gasteiger charge is -2.09. The van der Waals surface area contributed by atoms with E-state index >= 15 is 0 Å². The van der Waals surface area contributed by atoms with Gasteiger partial charge in [-0.25, -0.2) is 4.98 Å². The van der Waals surface area contributed by atoms with E-state index in [9.17, 15) is 4.79 Å². The number of aromatic nitrogens is 3. The first-order chi connectivity index (χ1) is 15.8. The van der Waals surface area contributed by atoms with Crippen molar-refractivity contribution in [1.82, 2.24) is 20.3 Å². The van der Waals surface area contributed by atoms with Crippen molar-refractivity contribution in [2.45, 2.75) is 6.54 Å². The van der Waals surface area contributed by atoms with Crippen LogP contribution in [0.5, 0.6) is 11.5 Å². The molecule has 1 amide bonds. The first-order valence-corrected chi connectivity index (χ1v) is 10.8. The minimum atomic E-state index is -0.213. The third-order valence-electron chi connectivity index (χ3n) is 4.84. The van der Waals surface area contributed by atoms with Crippen molar-refractivity contribution in [3.8, 4) is 22.6 Å². The summed E-state index contributed by atoms with van der Waals surface area (Å²) in [5.74, 6) is 1.02. The number of carbonyl (C=O) groups is 1. The largest absolute Gasteiger partial charge is 0.455 e. The van der Waals surface area contributed by atoms with Crippen LogP contribution in [0, 0.1) is 0 Å². The summed E-state index contributed by atoms with van der Waals surface area (Å²) in [6, 6.07) is 21.2. The monoisotopic (exact) mass is 438 g/mol. The van der Waals surface area contributed by atoms with E-state index in [1.165, 1.54) is 11.3 Å². The van der Waals surface area contributed by atoms with E-state index in [-0.39, 0.29) is 5.91 Å². The number of ether oxygens (including phenoxy) is 1. The number of nitrogens with one attached hydrogen (secondary N) is 1. The van der Waals surface area contributed by atoms with Crippen molar-refractivity contribution >= 4 is 27.5 Å². The van der Waals surface area contributed by atoms with Gasteiger partial charge in [-0.1, -0.05) is 30.3 Å². The number of hydrogen-bond acceptors (Lipinski definition) is 6. The van der Waals surface area contributed by atoms with E-state index in [0.29, 0.717) is 28.6 Å². The van der Waals surface area contributed by atoms with Gasteiger partial charge in [0.05, 0.1) is 4.70 Å². The Labute approximate surface area is 188 Å². The van der Waals surface area contributed by atoms with Gasteiger partial charge in [0, 0.05) is 31.3 Å². The summed E-state index contributed by atoms with van der Waals surface area (Å²) in [5.41, 5.74) is 3.65. The van der Waals surface area contributed by atoms with E-state index in [4.69, 9.17) is 4.74 Å². The third kappa shape index (κ3) is 4.33. The van der Waals surface area contributed by atoms with Gasteiger partial charge in [-0.05, 0) is 53.1 Å². The fourth-order valence-electron chi connectivity index (χ4n) is 3.27. The van der Waals surface area contributed by atoms with Crippen LogP contribution in [0.3, 0.4) is 0 Å². The minimum absolute atomic E-state index is 0.213. The predicted molar refractivity (Wildman–Crippen MR) is 125 cm³/mol. The number of thiazole rings is 1. The highest BCUT2D eigenvalue weighted by Crippen LogP contribution is 2.37. The van der Waals surface area contributed by atoms with E-state index in [1.54, 1.807) is 36.9 Å². The number of benzene rings is 2. The van der Waals surface area contributed by atoms with Gasteiger partial charge in [0.1, 0.15) is 11.3 Å². The molecule has 0 atom stereocenters. The molecule has 5 rings (SSSR count). The maximum atomic E-state index is 12.8. The van der Waals surface area contributed by atoms with Crippen LogP contribution >= 0.6 is 11.3 Å². The Bertz CT molecular complexity index is 1360. The summed E-state index contributed by atoms with van der Waals surface area (Å²) in [5, 5.41) is 3.33. The molecular weight excluding hydrogens is 420 g/mol.